The van der Waals surface area contributed by atoms with Gasteiger partial charge in [0.25, 0.3) is 0 Å². The number of carbonyl (C=O) groups excluding carboxylic acids is 1. The maximum Gasteiger partial charge on any atom is 0.306 e. The molecule has 0 saturated heterocycles. The lowest BCUT2D eigenvalue weighted by Gasteiger charge is -1.94. The highest BCUT2D eigenvalue weighted by molar-refractivity contribution is 5.73. The van der Waals surface area contributed by atoms with Crippen LogP contribution in [0.25, 0.3) is 0 Å². The summed E-state index contributed by atoms with van der Waals surface area (Å²) < 4.78 is 4.53. The van der Waals surface area contributed by atoms with Crippen LogP contribution in [0.1, 0.15) is 13.8 Å². The molecular formula is C7H11O2. The molecule has 0 saturated carbocycles. The molecule has 0 spiro atoms. The van der Waals surface area contributed by atoms with Gasteiger partial charge in [-0.2, -0.15) is 0 Å². The fourth-order valence-corrected chi connectivity index (χ4v) is 0.301. The molecule has 0 bridgehead atoms. The zero-order chi connectivity index (χ0) is 7.28. The van der Waals surface area contributed by atoms with Crippen LogP contribution in [0.2, 0.25) is 0 Å². The molecule has 0 aliphatic carbocycles. The summed E-state index contributed by atoms with van der Waals surface area (Å²) in [6.07, 6.45) is 1.82. The van der Waals surface area contributed by atoms with E-state index in [1.165, 1.54) is 0 Å². The Morgan fingerprint density at radius 2 is 2.22 bits per heavy atom. The molecule has 0 rings (SSSR count). The van der Waals surface area contributed by atoms with E-state index >= 15 is 0 Å². The third-order valence-corrected chi connectivity index (χ3v) is 0.736. The first-order valence-electron chi connectivity index (χ1n) is 2.75. The monoisotopic (exact) mass is 127 g/mol. The molecule has 0 aromatic heterocycles. The van der Waals surface area contributed by atoms with Crippen molar-refractivity contribution in [3.8, 4) is 0 Å². The Balaban J connectivity index is 3.31. The van der Waals surface area contributed by atoms with Crippen molar-refractivity contribution in [1.29, 1.82) is 0 Å². The highest BCUT2D eigenvalue weighted by Crippen LogP contribution is 1.87. The second-order valence-corrected chi connectivity index (χ2v) is 1.96. The van der Waals surface area contributed by atoms with Gasteiger partial charge in [-0.15, -0.1) is 0 Å². The van der Waals surface area contributed by atoms with Crippen LogP contribution >= 0.6 is 0 Å². The Kier molecular flexibility index (Phi) is 3.76. The predicted octanol–water partition coefficient (Wildman–Crippen LogP) is 1.33. The van der Waals surface area contributed by atoms with Gasteiger partial charge in [0, 0.05) is 0 Å². The van der Waals surface area contributed by atoms with Crippen LogP contribution in [0, 0.1) is 6.92 Å². The number of esters is 1. The second kappa shape index (κ2) is 4.13. The van der Waals surface area contributed by atoms with Crippen molar-refractivity contribution < 1.29 is 9.53 Å². The summed E-state index contributed by atoms with van der Waals surface area (Å²) in [5.41, 5.74) is 1.14. The third-order valence-electron chi connectivity index (χ3n) is 0.736. The van der Waals surface area contributed by atoms with Gasteiger partial charge < -0.3 is 4.74 Å². The van der Waals surface area contributed by atoms with Crippen LogP contribution in [0.3, 0.4) is 0 Å². The minimum atomic E-state index is -0.479. The maximum absolute atomic E-state index is 10.1. The van der Waals surface area contributed by atoms with E-state index in [0.717, 1.165) is 5.57 Å². The fourth-order valence-electron chi connectivity index (χ4n) is 0.301. The summed E-state index contributed by atoms with van der Waals surface area (Å²) in [7, 11) is 0. The molecule has 0 unspecified atom stereocenters. The predicted molar refractivity (Wildman–Crippen MR) is 35.7 cm³/mol. The summed E-state index contributed by atoms with van der Waals surface area (Å²) in [6.45, 7) is 7.27. The van der Waals surface area contributed by atoms with E-state index in [-0.39, 0.29) is 0 Å². The average Bonchev–Trinajstić information content (AvgIpc) is 1.63. The van der Waals surface area contributed by atoms with Crippen LogP contribution in [0.15, 0.2) is 11.6 Å². The van der Waals surface area contributed by atoms with Gasteiger partial charge >= 0.3 is 5.97 Å². The Hall–Kier alpha value is -0.790. The first kappa shape index (κ1) is 8.21. The quantitative estimate of drug-likeness (QED) is 0.413. The molecule has 0 fully saturated rings. The highest BCUT2D eigenvalue weighted by Gasteiger charge is 1.86. The van der Waals surface area contributed by atoms with Gasteiger partial charge in [-0.3, -0.25) is 4.79 Å². The molecule has 0 N–H and O–H groups in total. The van der Waals surface area contributed by atoms with Crippen LogP contribution in [-0.4, -0.2) is 12.6 Å². The highest BCUT2D eigenvalue weighted by atomic mass is 16.5. The molecule has 0 atom stereocenters. The fraction of sp³-hybridized carbons (Fsp3) is 0.429. The van der Waals surface area contributed by atoms with Crippen LogP contribution in [-0.2, 0) is 9.53 Å². The molecule has 0 aliphatic rings. The molecule has 0 heterocycles. The summed E-state index contributed by atoms with van der Waals surface area (Å²) in [6, 6.07) is 0. The topological polar surface area (TPSA) is 26.3 Å². The minimum Gasteiger partial charge on any atom is -0.461 e. The van der Waals surface area contributed by atoms with Crippen LogP contribution in [0.5, 0.6) is 0 Å². The summed E-state index contributed by atoms with van der Waals surface area (Å²) in [5, 5.41) is 0. The van der Waals surface area contributed by atoms with E-state index < -0.39 is 5.97 Å². The average molecular weight is 127 g/mol. The van der Waals surface area contributed by atoms with Gasteiger partial charge in [0.15, 0.2) is 0 Å². The van der Waals surface area contributed by atoms with Crippen molar-refractivity contribution in [3.63, 3.8) is 0 Å². The standard InChI is InChI=1S/C7H11O2/c1-6(2)4-5-9-7(3)8/h4H,3,5H2,1-2H3. The molecule has 9 heavy (non-hydrogen) atoms. The van der Waals surface area contributed by atoms with E-state index in [1.54, 1.807) is 0 Å². The number of carbonyl (C=O) groups is 1. The number of allylic oxidation sites excluding steroid dienone is 1. The zero-order valence-electron chi connectivity index (χ0n) is 5.81. The first-order chi connectivity index (χ1) is 4.13. The molecule has 0 aromatic rings. The largest absolute Gasteiger partial charge is 0.461 e. The minimum absolute atomic E-state index is 0.338. The Labute approximate surface area is 55.5 Å². The van der Waals surface area contributed by atoms with E-state index in [4.69, 9.17) is 0 Å². The lowest BCUT2D eigenvalue weighted by atomic mass is 10.3. The Bertz CT molecular complexity index is 121. The Morgan fingerprint density at radius 1 is 1.67 bits per heavy atom. The molecule has 2 heteroatoms. The van der Waals surface area contributed by atoms with Gasteiger partial charge in [-0.25, -0.2) is 0 Å². The van der Waals surface area contributed by atoms with Gasteiger partial charge in [0.2, 0.25) is 0 Å². The number of hydrogen-bond acceptors (Lipinski definition) is 2. The van der Waals surface area contributed by atoms with Crippen molar-refractivity contribution >= 4 is 5.97 Å². The van der Waals surface area contributed by atoms with Crippen molar-refractivity contribution in [1.82, 2.24) is 0 Å². The van der Waals surface area contributed by atoms with E-state index in [9.17, 15) is 4.79 Å². The number of ether oxygens (including phenoxy) is 1. The van der Waals surface area contributed by atoms with E-state index in [1.807, 2.05) is 19.9 Å². The van der Waals surface area contributed by atoms with Crippen molar-refractivity contribution in [2.24, 2.45) is 0 Å². The maximum atomic E-state index is 10.1. The van der Waals surface area contributed by atoms with E-state index in [0.29, 0.717) is 6.61 Å². The second-order valence-electron chi connectivity index (χ2n) is 1.96. The summed E-state index contributed by atoms with van der Waals surface area (Å²) in [4.78, 5) is 10.1. The van der Waals surface area contributed by atoms with Gasteiger partial charge in [-0.1, -0.05) is 5.57 Å². The van der Waals surface area contributed by atoms with Crippen molar-refractivity contribution in [2.45, 2.75) is 13.8 Å². The molecule has 1 radical (unpaired) electrons. The van der Waals surface area contributed by atoms with Gasteiger partial charge in [0.05, 0.1) is 6.92 Å². The Morgan fingerprint density at radius 3 is 2.56 bits per heavy atom. The first-order valence-corrected chi connectivity index (χ1v) is 2.75. The molecule has 51 valence electrons. The lowest BCUT2D eigenvalue weighted by Crippen LogP contribution is -1.98. The summed E-state index contributed by atoms with van der Waals surface area (Å²) >= 11 is 0. The zero-order valence-corrected chi connectivity index (χ0v) is 5.81. The van der Waals surface area contributed by atoms with Gasteiger partial charge in [-0.05, 0) is 19.9 Å². The smallest absolute Gasteiger partial charge is 0.306 e. The molecule has 0 aromatic carbocycles. The molecule has 0 aliphatic heterocycles. The van der Waals surface area contributed by atoms with Gasteiger partial charge in [0.1, 0.15) is 6.61 Å². The van der Waals surface area contributed by atoms with E-state index in [2.05, 4.69) is 11.7 Å². The SMILES string of the molecule is [CH2]C(=O)OCC=C(C)C. The molecule has 2 nitrogen and oxygen atoms in total. The lowest BCUT2D eigenvalue weighted by molar-refractivity contribution is -0.136. The number of hydrogen-bond donors (Lipinski definition) is 0. The number of rotatable bonds is 2. The third kappa shape index (κ3) is 7.21. The van der Waals surface area contributed by atoms with Crippen molar-refractivity contribution in [2.75, 3.05) is 6.61 Å². The summed E-state index contributed by atoms with van der Waals surface area (Å²) in [5.74, 6) is -0.479. The van der Waals surface area contributed by atoms with Crippen molar-refractivity contribution in [3.05, 3.63) is 18.6 Å². The molecular weight excluding hydrogens is 116 g/mol. The van der Waals surface area contributed by atoms with Crippen LogP contribution < -0.4 is 0 Å². The normalized spacial score (nSPS) is 8.33. The van der Waals surface area contributed by atoms with Crippen LogP contribution in [0.4, 0.5) is 0 Å². The molecule has 0 amide bonds.